The van der Waals surface area contributed by atoms with Gasteiger partial charge >= 0.3 is 0 Å². The Hall–Kier alpha value is -2.00. The van der Waals surface area contributed by atoms with E-state index in [1.807, 2.05) is 11.8 Å². The van der Waals surface area contributed by atoms with E-state index in [2.05, 4.69) is 35.1 Å². The van der Waals surface area contributed by atoms with Crippen molar-refractivity contribution in [3.63, 3.8) is 0 Å². The van der Waals surface area contributed by atoms with Crippen molar-refractivity contribution in [1.82, 2.24) is 19.8 Å². The lowest BCUT2D eigenvalue weighted by Crippen LogP contribution is -2.54. The number of nitrogens with zero attached hydrogens (tertiary/aromatic N) is 3. The molecule has 8 nitrogen and oxygen atoms in total. The number of hydrogen-bond acceptors (Lipinski definition) is 6. The fourth-order valence-electron chi connectivity index (χ4n) is 4.50. The highest BCUT2D eigenvalue weighted by molar-refractivity contribution is 5.84. The van der Waals surface area contributed by atoms with Gasteiger partial charge in [0.25, 0.3) is 5.91 Å². The van der Waals surface area contributed by atoms with Crippen LogP contribution in [0.15, 0.2) is 18.3 Å². The lowest BCUT2D eigenvalue weighted by Gasteiger charge is -2.36. The number of carbonyl (C=O) groups excluding carboxylic acids is 1. The molecule has 3 heterocycles. The number of hydrogen-bond donors (Lipinski definition) is 3. The number of aromatic nitrogens is 2. The molecule has 2 aliphatic rings. The Bertz CT molecular complexity index is 910. The summed E-state index contributed by atoms with van der Waals surface area (Å²) in [6.07, 6.45) is 4.61. The number of morpholine rings is 1. The standard InChI is InChI=1S/C23H34N4O4/c1-3-19-18-7-9-26(8-4-10-28)21(18)11-20(25-19)15(2)27(16-5-6-16)23(30)22-13-24-12-17(14-29)31-22/h7,9,11,15-17,22,24,28-29H,3-6,8,10,12-14H2,1-2H3/t15-,17+,22-/m1/s1. The van der Waals surface area contributed by atoms with Crippen LogP contribution in [0.4, 0.5) is 0 Å². The molecule has 2 fully saturated rings. The molecule has 31 heavy (non-hydrogen) atoms. The van der Waals surface area contributed by atoms with E-state index in [4.69, 9.17) is 9.72 Å². The predicted octanol–water partition coefficient (Wildman–Crippen LogP) is 1.38. The molecule has 2 aromatic rings. The van der Waals surface area contributed by atoms with Crippen molar-refractivity contribution >= 4 is 16.8 Å². The summed E-state index contributed by atoms with van der Waals surface area (Å²) in [6.45, 7) is 5.97. The lowest BCUT2D eigenvalue weighted by molar-refractivity contribution is -0.155. The summed E-state index contributed by atoms with van der Waals surface area (Å²) in [6, 6.07) is 4.22. The van der Waals surface area contributed by atoms with Gasteiger partial charge in [0.15, 0.2) is 0 Å². The highest BCUT2D eigenvalue weighted by Gasteiger charge is 2.41. The van der Waals surface area contributed by atoms with Gasteiger partial charge in [0.2, 0.25) is 0 Å². The molecule has 0 aromatic carbocycles. The number of rotatable bonds is 9. The van der Waals surface area contributed by atoms with Gasteiger partial charge in [-0.2, -0.15) is 0 Å². The number of aliphatic hydroxyl groups excluding tert-OH is 2. The second-order valence-corrected chi connectivity index (χ2v) is 8.61. The monoisotopic (exact) mass is 430 g/mol. The first-order valence-corrected chi connectivity index (χ1v) is 11.5. The number of aliphatic hydroxyl groups is 2. The van der Waals surface area contributed by atoms with E-state index < -0.39 is 6.10 Å². The van der Waals surface area contributed by atoms with Crippen LogP contribution in [-0.2, 0) is 22.5 Å². The van der Waals surface area contributed by atoms with Crippen molar-refractivity contribution in [2.45, 2.75) is 70.4 Å². The lowest BCUT2D eigenvalue weighted by atomic mass is 10.1. The van der Waals surface area contributed by atoms with E-state index in [-0.39, 0.29) is 37.3 Å². The second-order valence-electron chi connectivity index (χ2n) is 8.61. The Morgan fingerprint density at radius 2 is 2.19 bits per heavy atom. The van der Waals surface area contributed by atoms with Crippen LogP contribution in [-0.4, -0.2) is 75.1 Å². The topological polar surface area (TPSA) is 99.9 Å². The SMILES string of the molecule is CCc1nc([C@@H](C)N(C(=O)[C@H]2CNC[C@@H](CO)O2)C2CC2)cc2c1ccn2CCCO. The fourth-order valence-corrected chi connectivity index (χ4v) is 4.50. The number of carbonyl (C=O) groups is 1. The molecule has 1 amide bonds. The van der Waals surface area contributed by atoms with Gasteiger partial charge in [0, 0.05) is 49.6 Å². The molecule has 2 aromatic heterocycles. The van der Waals surface area contributed by atoms with E-state index in [1.54, 1.807) is 0 Å². The molecule has 4 rings (SSSR count). The maximum atomic E-state index is 13.5. The Kier molecular flexibility index (Phi) is 6.91. The van der Waals surface area contributed by atoms with E-state index in [0.717, 1.165) is 48.1 Å². The Balaban J connectivity index is 1.64. The Morgan fingerprint density at radius 3 is 2.87 bits per heavy atom. The third-order valence-electron chi connectivity index (χ3n) is 6.34. The van der Waals surface area contributed by atoms with Crippen molar-refractivity contribution in [3.8, 4) is 0 Å². The fraction of sp³-hybridized carbons (Fsp3) is 0.652. The molecule has 1 saturated heterocycles. The first-order valence-electron chi connectivity index (χ1n) is 11.5. The third kappa shape index (κ3) is 4.62. The largest absolute Gasteiger partial charge is 0.396 e. The smallest absolute Gasteiger partial charge is 0.253 e. The van der Waals surface area contributed by atoms with Gasteiger partial charge in [-0.3, -0.25) is 9.78 Å². The minimum Gasteiger partial charge on any atom is -0.396 e. The van der Waals surface area contributed by atoms with Gasteiger partial charge in [-0.05, 0) is 44.7 Å². The van der Waals surface area contributed by atoms with E-state index in [9.17, 15) is 15.0 Å². The normalized spacial score (nSPS) is 22.6. The van der Waals surface area contributed by atoms with Gasteiger partial charge in [0.05, 0.1) is 30.0 Å². The molecule has 0 unspecified atom stereocenters. The van der Waals surface area contributed by atoms with Crippen molar-refractivity contribution in [3.05, 3.63) is 29.7 Å². The first kappa shape index (κ1) is 22.2. The van der Waals surface area contributed by atoms with Crippen molar-refractivity contribution in [2.75, 3.05) is 26.3 Å². The minimum atomic E-state index is -0.586. The van der Waals surface area contributed by atoms with Gasteiger partial charge in [0.1, 0.15) is 6.10 Å². The number of ether oxygens (including phenoxy) is 1. The summed E-state index contributed by atoms with van der Waals surface area (Å²) in [4.78, 5) is 20.3. The zero-order valence-corrected chi connectivity index (χ0v) is 18.5. The molecule has 8 heteroatoms. The highest BCUT2D eigenvalue weighted by Crippen LogP contribution is 2.36. The average molecular weight is 431 g/mol. The van der Waals surface area contributed by atoms with Gasteiger partial charge in [-0.25, -0.2) is 0 Å². The van der Waals surface area contributed by atoms with Crippen molar-refractivity contribution in [2.24, 2.45) is 0 Å². The van der Waals surface area contributed by atoms with E-state index in [1.165, 1.54) is 0 Å². The Labute approximate surface area is 183 Å². The van der Waals surface area contributed by atoms with Crippen LogP contribution in [0.3, 0.4) is 0 Å². The number of amides is 1. The van der Waals surface area contributed by atoms with Crippen LogP contribution in [0.5, 0.6) is 0 Å². The highest BCUT2D eigenvalue weighted by atomic mass is 16.5. The first-order chi connectivity index (χ1) is 15.1. The van der Waals surface area contributed by atoms with Crippen LogP contribution in [0.2, 0.25) is 0 Å². The molecule has 0 radical (unpaired) electrons. The van der Waals surface area contributed by atoms with Gasteiger partial charge in [-0.1, -0.05) is 6.92 Å². The summed E-state index contributed by atoms with van der Waals surface area (Å²) >= 11 is 0. The molecule has 1 aliphatic heterocycles. The van der Waals surface area contributed by atoms with E-state index >= 15 is 0 Å². The number of pyridine rings is 1. The molecule has 0 bridgehead atoms. The van der Waals surface area contributed by atoms with E-state index in [0.29, 0.717) is 19.5 Å². The number of nitrogens with one attached hydrogen (secondary N) is 1. The van der Waals surface area contributed by atoms with Crippen LogP contribution >= 0.6 is 0 Å². The third-order valence-corrected chi connectivity index (χ3v) is 6.34. The Morgan fingerprint density at radius 1 is 1.39 bits per heavy atom. The molecule has 170 valence electrons. The van der Waals surface area contributed by atoms with Crippen molar-refractivity contribution in [1.29, 1.82) is 0 Å². The van der Waals surface area contributed by atoms with Crippen LogP contribution in [0.25, 0.3) is 10.9 Å². The zero-order valence-electron chi connectivity index (χ0n) is 18.5. The van der Waals surface area contributed by atoms with Crippen LogP contribution < -0.4 is 5.32 Å². The minimum absolute atomic E-state index is 0.0312. The maximum absolute atomic E-state index is 13.5. The summed E-state index contributed by atoms with van der Waals surface area (Å²) in [7, 11) is 0. The molecule has 0 spiro atoms. The number of fused-ring (bicyclic) bond motifs is 1. The van der Waals surface area contributed by atoms with Crippen LogP contribution in [0, 0.1) is 0 Å². The quantitative estimate of drug-likeness (QED) is 0.556. The maximum Gasteiger partial charge on any atom is 0.253 e. The van der Waals surface area contributed by atoms with Crippen LogP contribution in [0.1, 0.15) is 50.5 Å². The molecule has 1 aliphatic carbocycles. The summed E-state index contributed by atoms with van der Waals surface area (Å²) in [5.41, 5.74) is 3.01. The average Bonchev–Trinajstić information content (AvgIpc) is 3.55. The molecule has 3 atom stereocenters. The second kappa shape index (κ2) is 9.65. The van der Waals surface area contributed by atoms with Gasteiger partial charge < -0.3 is 29.7 Å². The molecular weight excluding hydrogens is 396 g/mol. The van der Waals surface area contributed by atoms with Crippen molar-refractivity contribution < 1.29 is 19.7 Å². The predicted molar refractivity (Wildman–Crippen MR) is 118 cm³/mol. The zero-order chi connectivity index (χ0) is 22.0. The molecule has 3 N–H and O–H groups in total. The molecular formula is C23H34N4O4. The number of aryl methyl sites for hydroxylation is 2. The summed E-state index contributed by atoms with van der Waals surface area (Å²) in [5, 5.41) is 23.0. The molecule has 1 saturated carbocycles. The summed E-state index contributed by atoms with van der Waals surface area (Å²) < 4.78 is 8.02. The summed E-state index contributed by atoms with van der Waals surface area (Å²) in [5.74, 6) is -0.0312. The van der Waals surface area contributed by atoms with Gasteiger partial charge in [-0.15, -0.1) is 0 Å².